The van der Waals surface area contributed by atoms with Crippen molar-refractivity contribution in [1.82, 2.24) is 9.88 Å². The fourth-order valence-corrected chi connectivity index (χ4v) is 3.86. The molecule has 1 fully saturated rings. The van der Waals surface area contributed by atoms with Gasteiger partial charge in [0.05, 0.1) is 6.04 Å². The molecule has 0 saturated carbocycles. The van der Waals surface area contributed by atoms with Gasteiger partial charge >= 0.3 is 6.09 Å². The van der Waals surface area contributed by atoms with Gasteiger partial charge in [-0.25, -0.2) is 9.78 Å². The lowest BCUT2D eigenvalue weighted by atomic mass is 9.95. The zero-order chi connectivity index (χ0) is 22.4. The molecule has 0 N–H and O–H groups in total. The van der Waals surface area contributed by atoms with Crippen LogP contribution in [-0.2, 0) is 4.74 Å². The Hall–Kier alpha value is -2.89. The van der Waals surface area contributed by atoms with Crippen LogP contribution in [0.1, 0.15) is 75.3 Å². The fraction of sp³-hybridized carbons (Fsp3) is 0.480. The standard InChI is InChI=1S/C25H33N3O3/c1-5-16-28(24(30)31-25(2,3)4)22-15-14-20(18-26-22)21-13-9-10-17-27(21)23(29)19-11-7-6-8-12-19/h6-8,11-12,14-15,18,21H,5,9-10,13,16-17H2,1-4H3/t21-/m1/s1. The third kappa shape index (κ3) is 5.84. The van der Waals surface area contributed by atoms with Crippen molar-refractivity contribution < 1.29 is 14.3 Å². The number of aromatic nitrogens is 1. The zero-order valence-electron chi connectivity index (χ0n) is 19.0. The Labute approximate surface area is 185 Å². The molecule has 0 radical (unpaired) electrons. The van der Waals surface area contributed by atoms with E-state index in [1.807, 2.05) is 75.1 Å². The van der Waals surface area contributed by atoms with Crippen molar-refractivity contribution in [3.05, 3.63) is 59.8 Å². The molecule has 0 bridgehead atoms. The maximum atomic E-state index is 13.1. The Kier molecular flexibility index (Phi) is 7.31. The van der Waals surface area contributed by atoms with Crippen LogP contribution in [0.4, 0.5) is 10.6 Å². The van der Waals surface area contributed by atoms with Gasteiger partial charge in [-0.1, -0.05) is 31.2 Å². The smallest absolute Gasteiger partial charge is 0.416 e. The molecule has 1 aromatic carbocycles. The van der Waals surface area contributed by atoms with Crippen molar-refractivity contribution in [2.45, 2.75) is 65.0 Å². The summed E-state index contributed by atoms with van der Waals surface area (Å²) in [6.45, 7) is 8.84. The van der Waals surface area contributed by atoms with Crippen LogP contribution in [0, 0.1) is 0 Å². The van der Waals surface area contributed by atoms with E-state index in [1.54, 1.807) is 11.1 Å². The largest absolute Gasteiger partial charge is 0.443 e. The predicted molar refractivity (Wildman–Crippen MR) is 122 cm³/mol. The van der Waals surface area contributed by atoms with Gasteiger partial charge < -0.3 is 9.64 Å². The van der Waals surface area contributed by atoms with Crippen molar-refractivity contribution in [2.24, 2.45) is 0 Å². The molecule has 1 atom stereocenters. The van der Waals surface area contributed by atoms with Crippen molar-refractivity contribution in [3.63, 3.8) is 0 Å². The second-order valence-electron chi connectivity index (χ2n) is 8.96. The quantitative estimate of drug-likeness (QED) is 0.628. The summed E-state index contributed by atoms with van der Waals surface area (Å²) < 4.78 is 5.54. The number of carbonyl (C=O) groups is 2. The summed E-state index contributed by atoms with van der Waals surface area (Å²) in [7, 11) is 0. The second kappa shape index (κ2) is 9.94. The normalized spacial score (nSPS) is 16.6. The van der Waals surface area contributed by atoms with E-state index in [1.165, 1.54) is 0 Å². The average Bonchev–Trinajstić information content (AvgIpc) is 2.76. The number of ether oxygens (including phenoxy) is 1. The number of amides is 2. The maximum absolute atomic E-state index is 13.1. The van der Waals surface area contributed by atoms with Crippen LogP contribution in [-0.4, -0.2) is 40.6 Å². The highest BCUT2D eigenvalue weighted by Crippen LogP contribution is 2.32. The van der Waals surface area contributed by atoms with Gasteiger partial charge in [0, 0.05) is 24.8 Å². The van der Waals surface area contributed by atoms with Crippen molar-refractivity contribution >= 4 is 17.8 Å². The first-order chi connectivity index (χ1) is 14.8. The molecule has 6 heteroatoms. The number of benzene rings is 1. The van der Waals surface area contributed by atoms with E-state index in [0.29, 0.717) is 17.9 Å². The molecule has 166 valence electrons. The number of carbonyl (C=O) groups excluding carboxylic acids is 2. The third-order valence-corrected chi connectivity index (χ3v) is 5.28. The summed E-state index contributed by atoms with van der Waals surface area (Å²) in [5, 5.41) is 0. The molecular weight excluding hydrogens is 390 g/mol. The van der Waals surface area contributed by atoms with Gasteiger partial charge in [-0.15, -0.1) is 0 Å². The Balaban J connectivity index is 1.81. The predicted octanol–water partition coefficient (Wildman–Crippen LogP) is 5.60. The van der Waals surface area contributed by atoms with Crippen LogP contribution >= 0.6 is 0 Å². The van der Waals surface area contributed by atoms with Gasteiger partial charge in [0.1, 0.15) is 11.4 Å². The minimum atomic E-state index is -0.566. The van der Waals surface area contributed by atoms with Crippen LogP contribution in [0.3, 0.4) is 0 Å². The molecule has 2 amide bonds. The topological polar surface area (TPSA) is 62.7 Å². The van der Waals surface area contributed by atoms with Gasteiger partial charge in [0.25, 0.3) is 5.91 Å². The van der Waals surface area contributed by atoms with Gasteiger partial charge in [-0.05, 0) is 70.2 Å². The summed E-state index contributed by atoms with van der Waals surface area (Å²) in [6.07, 6.45) is 5.18. The number of piperidine rings is 1. The van der Waals surface area contributed by atoms with E-state index in [4.69, 9.17) is 4.74 Å². The summed E-state index contributed by atoms with van der Waals surface area (Å²) in [5.74, 6) is 0.618. The first-order valence-corrected chi connectivity index (χ1v) is 11.1. The molecule has 1 saturated heterocycles. The monoisotopic (exact) mass is 423 g/mol. The minimum Gasteiger partial charge on any atom is -0.443 e. The first kappa shape index (κ1) is 22.8. The average molecular weight is 424 g/mol. The van der Waals surface area contributed by atoms with Crippen molar-refractivity contribution in [1.29, 1.82) is 0 Å². The second-order valence-corrected chi connectivity index (χ2v) is 8.96. The summed E-state index contributed by atoms with van der Waals surface area (Å²) >= 11 is 0. The number of nitrogens with zero attached hydrogens (tertiary/aromatic N) is 3. The molecule has 1 aliphatic rings. The highest BCUT2D eigenvalue weighted by atomic mass is 16.6. The van der Waals surface area contributed by atoms with Crippen molar-refractivity contribution in [2.75, 3.05) is 18.0 Å². The van der Waals surface area contributed by atoms with Gasteiger partial charge in [-0.2, -0.15) is 0 Å². The number of rotatable bonds is 5. The molecule has 3 rings (SSSR count). The lowest BCUT2D eigenvalue weighted by Gasteiger charge is -2.36. The van der Waals surface area contributed by atoms with Crippen LogP contribution in [0.25, 0.3) is 0 Å². The SMILES string of the molecule is CCCN(C(=O)OC(C)(C)C)c1ccc([C@H]2CCCCN2C(=O)c2ccccc2)cn1. The molecule has 1 aromatic heterocycles. The van der Waals surface area contributed by atoms with Crippen LogP contribution in [0.5, 0.6) is 0 Å². The molecule has 0 aliphatic carbocycles. The molecule has 31 heavy (non-hydrogen) atoms. The van der Waals surface area contributed by atoms with Gasteiger partial charge in [-0.3, -0.25) is 9.69 Å². The molecule has 6 nitrogen and oxygen atoms in total. The van der Waals surface area contributed by atoms with Crippen LogP contribution in [0.2, 0.25) is 0 Å². The lowest BCUT2D eigenvalue weighted by molar-refractivity contribution is 0.0578. The molecule has 2 heterocycles. The lowest BCUT2D eigenvalue weighted by Crippen LogP contribution is -2.39. The van der Waals surface area contributed by atoms with Crippen LogP contribution < -0.4 is 4.90 Å². The van der Waals surface area contributed by atoms with Gasteiger partial charge in [0.2, 0.25) is 0 Å². The Bertz CT molecular complexity index is 875. The molecule has 2 aromatic rings. The Morgan fingerprint density at radius 2 is 1.87 bits per heavy atom. The number of anilines is 1. The molecule has 0 spiro atoms. The summed E-state index contributed by atoms with van der Waals surface area (Å²) in [4.78, 5) is 33.8. The molecule has 0 unspecified atom stereocenters. The fourth-order valence-electron chi connectivity index (χ4n) is 3.86. The van der Waals surface area contributed by atoms with E-state index >= 15 is 0 Å². The van der Waals surface area contributed by atoms with E-state index in [2.05, 4.69) is 4.98 Å². The molecule has 1 aliphatic heterocycles. The van der Waals surface area contributed by atoms with Crippen LogP contribution in [0.15, 0.2) is 48.7 Å². The van der Waals surface area contributed by atoms with Gasteiger partial charge in [0.15, 0.2) is 0 Å². The van der Waals surface area contributed by atoms with E-state index in [-0.39, 0.29) is 11.9 Å². The number of hydrogen-bond acceptors (Lipinski definition) is 4. The van der Waals surface area contributed by atoms with E-state index < -0.39 is 11.7 Å². The van der Waals surface area contributed by atoms with E-state index in [9.17, 15) is 9.59 Å². The Morgan fingerprint density at radius 1 is 1.13 bits per heavy atom. The number of pyridine rings is 1. The summed E-state index contributed by atoms with van der Waals surface area (Å²) in [6, 6.07) is 13.2. The highest BCUT2D eigenvalue weighted by molar-refractivity contribution is 5.94. The Morgan fingerprint density at radius 3 is 2.48 bits per heavy atom. The highest BCUT2D eigenvalue weighted by Gasteiger charge is 2.29. The van der Waals surface area contributed by atoms with Crippen molar-refractivity contribution in [3.8, 4) is 0 Å². The zero-order valence-corrected chi connectivity index (χ0v) is 19.0. The van der Waals surface area contributed by atoms with E-state index in [0.717, 1.165) is 37.8 Å². The third-order valence-electron chi connectivity index (χ3n) is 5.28. The minimum absolute atomic E-state index is 0.0100. The maximum Gasteiger partial charge on any atom is 0.416 e. The number of hydrogen-bond donors (Lipinski definition) is 0. The molecular formula is C25H33N3O3. The first-order valence-electron chi connectivity index (χ1n) is 11.1. The summed E-state index contributed by atoms with van der Waals surface area (Å²) in [5.41, 5.74) is 1.13. The number of likely N-dealkylation sites (tertiary alicyclic amines) is 1.